The lowest BCUT2D eigenvalue weighted by Crippen LogP contribution is -2.41. The van der Waals surface area contributed by atoms with E-state index < -0.39 is 0 Å². The molecular weight excluding hydrogens is 262 g/mol. The maximum absolute atomic E-state index is 9.62. The fraction of sp³-hybridized carbons (Fsp3) is 0.588. The summed E-state index contributed by atoms with van der Waals surface area (Å²) in [5.74, 6) is 0. The highest BCUT2D eigenvalue weighted by Crippen LogP contribution is 2.34. The molecule has 0 spiro atoms. The zero-order valence-corrected chi connectivity index (χ0v) is 13.0. The van der Waals surface area contributed by atoms with Crippen molar-refractivity contribution in [3.05, 3.63) is 35.8 Å². The number of fused-ring (bicyclic) bond motifs is 1. The number of aliphatic hydroxyl groups excluding tert-OH is 1. The first-order valence-electron chi connectivity index (χ1n) is 7.92. The largest absolute Gasteiger partial charge is 0.396 e. The molecule has 3 heterocycles. The summed E-state index contributed by atoms with van der Waals surface area (Å²) in [6, 6.07) is 4.17. The molecule has 3 rings (SSSR count). The van der Waals surface area contributed by atoms with Gasteiger partial charge in [0.2, 0.25) is 0 Å². The second kappa shape index (κ2) is 5.78. The van der Waals surface area contributed by atoms with Crippen molar-refractivity contribution in [2.24, 2.45) is 5.41 Å². The first-order valence-corrected chi connectivity index (χ1v) is 7.92. The van der Waals surface area contributed by atoms with Gasteiger partial charge in [-0.3, -0.25) is 4.90 Å². The molecule has 0 atom stereocenters. The minimum absolute atomic E-state index is 0.159. The Kier molecular flexibility index (Phi) is 4.00. The van der Waals surface area contributed by atoms with Crippen LogP contribution in [0.3, 0.4) is 0 Å². The third kappa shape index (κ3) is 2.83. The van der Waals surface area contributed by atoms with E-state index in [4.69, 9.17) is 0 Å². The van der Waals surface area contributed by atoms with E-state index in [1.54, 1.807) is 0 Å². The number of hydrogen-bond donors (Lipinski definition) is 1. The lowest BCUT2D eigenvalue weighted by atomic mass is 9.77. The molecule has 2 aromatic heterocycles. The van der Waals surface area contributed by atoms with Gasteiger partial charge in [-0.15, -0.1) is 0 Å². The Morgan fingerprint density at radius 3 is 2.71 bits per heavy atom. The highest BCUT2D eigenvalue weighted by molar-refractivity contribution is 5.41. The van der Waals surface area contributed by atoms with Gasteiger partial charge < -0.3 is 9.51 Å². The molecule has 1 aliphatic rings. The van der Waals surface area contributed by atoms with E-state index in [1.807, 2.05) is 6.20 Å². The predicted octanol–water partition coefficient (Wildman–Crippen LogP) is 2.63. The molecule has 114 valence electrons. The topological polar surface area (TPSA) is 40.8 Å². The van der Waals surface area contributed by atoms with Gasteiger partial charge in [0.15, 0.2) is 0 Å². The number of nitrogens with zero attached hydrogens (tertiary/aromatic N) is 3. The van der Waals surface area contributed by atoms with Gasteiger partial charge in [-0.2, -0.15) is 0 Å². The van der Waals surface area contributed by atoms with Crippen LogP contribution in [0.15, 0.2) is 24.5 Å². The van der Waals surface area contributed by atoms with Crippen LogP contribution >= 0.6 is 0 Å². The van der Waals surface area contributed by atoms with Crippen LogP contribution in [0.1, 0.15) is 37.4 Å². The third-order valence-electron chi connectivity index (χ3n) is 5.12. The average molecular weight is 287 g/mol. The van der Waals surface area contributed by atoms with Crippen molar-refractivity contribution in [3.63, 3.8) is 0 Å². The lowest BCUT2D eigenvalue weighted by molar-refractivity contribution is 0.0377. The Hall–Kier alpha value is -1.39. The SMILES string of the molecule is CCC1(CO)CCN(Cc2cnc3ccc(C)cn23)CC1. The fourth-order valence-corrected chi connectivity index (χ4v) is 3.29. The molecule has 1 saturated heterocycles. The molecule has 1 fully saturated rings. The van der Waals surface area contributed by atoms with E-state index >= 15 is 0 Å². The minimum Gasteiger partial charge on any atom is -0.396 e. The van der Waals surface area contributed by atoms with Crippen molar-refractivity contribution in [1.29, 1.82) is 0 Å². The molecule has 0 radical (unpaired) electrons. The summed E-state index contributed by atoms with van der Waals surface area (Å²) in [6.07, 6.45) is 7.41. The maximum Gasteiger partial charge on any atom is 0.136 e. The first kappa shape index (κ1) is 14.5. The Bertz CT molecular complexity index is 606. The molecule has 0 unspecified atom stereocenters. The van der Waals surface area contributed by atoms with Gasteiger partial charge >= 0.3 is 0 Å². The van der Waals surface area contributed by atoms with Gasteiger partial charge in [-0.25, -0.2) is 4.98 Å². The van der Waals surface area contributed by atoms with Crippen molar-refractivity contribution in [3.8, 4) is 0 Å². The van der Waals surface area contributed by atoms with E-state index in [-0.39, 0.29) is 5.41 Å². The molecule has 1 aliphatic heterocycles. The van der Waals surface area contributed by atoms with Crippen molar-refractivity contribution in [1.82, 2.24) is 14.3 Å². The Morgan fingerprint density at radius 1 is 1.29 bits per heavy atom. The quantitative estimate of drug-likeness (QED) is 0.940. The van der Waals surface area contributed by atoms with E-state index in [0.717, 1.165) is 44.5 Å². The van der Waals surface area contributed by atoms with Crippen molar-refractivity contribution in [2.75, 3.05) is 19.7 Å². The summed E-state index contributed by atoms with van der Waals surface area (Å²) in [4.78, 5) is 6.96. The smallest absolute Gasteiger partial charge is 0.136 e. The van der Waals surface area contributed by atoms with Crippen LogP contribution in [0.4, 0.5) is 0 Å². The summed E-state index contributed by atoms with van der Waals surface area (Å²) in [5, 5.41) is 9.62. The molecule has 0 saturated carbocycles. The van der Waals surface area contributed by atoms with Crippen LogP contribution in [-0.4, -0.2) is 39.1 Å². The molecule has 21 heavy (non-hydrogen) atoms. The lowest BCUT2D eigenvalue weighted by Gasteiger charge is -2.40. The van der Waals surface area contributed by atoms with Gasteiger partial charge in [0.1, 0.15) is 5.65 Å². The van der Waals surface area contributed by atoms with Crippen molar-refractivity contribution >= 4 is 5.65 Å². The summed E-state index contributed by atoms with van der Waals surface area (Å²) in [7, 11) is 0. The van der Waals surface area contributed by atoms with Crippen LogP contribution in [0, 0.1) is 12.3 Å². The number of piperidine rings is 1. The van der Waals surface area contributed by atoms with Crippen LogP contribution in [0.2, 0.25) is 0 Å². The summed E-state index contributed by atoms with van der Waals surface area (Å²) < 4.78 is 2.20. The number of hydrogen-bond acceptors (Lipinski definition) is 3. The van der Waals surface area contributed by atoms with Crippen LogP contribution in [0.25, 0.3) is 5.65 Å². The molecule has 1 N–H and O–H groups in total. The second-order valence-corrected chi connectivity index (χ2v) is 6.47. The Balaban J connectivity index is 1.71. The second-order valence-electron chi connectivity index (χ2n) is 6.47. The molecule has 0 amide bonds. The van der Waals surface area contributed by atoms with E-state index in [9.17, 15) is 5.11 Å². The Morgan fingerprint density at radius 2 is 2.05 bits per heavy atom. The van der Waals surface area contributed by atoms with Crippen molar-refractivity contribution in [2.45, 2.75) is 39.7 Å². The van der Waals surface area contributed by atoms with E-state index in [0.29, 0.717) is 6.61 Å². The number of rotatable bonds is 4. The van der Waals surface area contributed by atoms with Gasteiger partial charge in [-0.05, 0) is 56.3 Å². The molecule has 0 bridgehead atoms. The summed E-state index contributed by atoms with van der Waals surface area (Å²) in [6.45, 7) is 7.70. The maximum atomic E-state index is 9.62. The third-order valence-corrected chi connectivity index (χ3v) is 5.12. The van der Waals surface area contributed by atoms with Gasteiger partial charge in [-0.1, -0.05) is 13.0 Å². The van der Waals surface area contributed by atoms with Crippen LogP contribution < -0.4 is 0 Å². The number of imidazole rings is 1. The van der Waals surface area contributed by atoms with E-state index in [2.05, 4.69) is 46.5 Å². The number of aryl methyl sites for hydroxylation is 1. The standard InChI is InChI=1S/C17H25N3O/c1-3-17(13-21)6-8-19(9-7-17)12-15-10-18-16-5-4-14(2)11-20(15)16/h4-5,10-11,21H,3,6-9,12-13H2,1-2H3. The zero-order chi connectivity index (χ0) is 14.9. The zero-order valence-electron chi connectivity index (χ0n) is 13.0. The van der Waals surface area contributed by atoms with Gasteiger partial charge in [0, 0.05) is 19.3 Å². The van der Waals surface area contributed by atoms with Crippen LogP contribution in [-0.2, 0) is 6.54 Å². The number of aliphatic hydroxyl groups is 1. The molecule has 0 aliphatic carbocycles. The summed E-state index contributed by atoms with van der Waals surface area (Å²) >= 11 is 0. The highest BCUT2D eigenvalue weighted by Gasteiger charge is 2.32. The number of pyridine rings is 1. The molecule has 2 aromatic rings. The number of aromatic nitrogens is 2. The average Bonchev–Trinajstić information content (AvgIpc) is 2.91. The Labute approximate surface area is 126 Å². The summed E-state index contributed by atoms with van der Waals surface area (Å²) in [5.41, 5.74) is 3.69. The van der Waals surface area contributed by atoms with Crippen LogP contribution in [0.5, 0.6) is 0 Å². The highest BCUT2D eigenvalue weighted by atomic mass is 16.3. The minimum atomic E-state index is 0.159. The molecule has 0 aromatic carbocycles. The molecule has 4 nitrogen and oxygen atoms in total. The monoisotopic (exact) mass is 287 g/mol. The van der Waals surface area contributed by atoms with Gasteiger partial charge in [0.25, 0.3) is 0 Å². The van der Waals surface area contributed by atoms with Crippen molar-refractivity contribution < 1.29 is 5.11 Å². The number of likely N-dealkylation sites (tertiary alicyclic amines) is 1. The predicted molar refractivity (Wildman–Crippen MR) is 84.2 cm³/mol. The normalized spacial score (nSPS) is 19.2. The van der Waals surface area contributed by atoms with Gasteiger partial charge in [0.05, 0.1) is 11.9 Å². The first-order chi connectivity index (χ1) is 10.2. The molecular formula is C17H25N3O. The molecule has 4 heteroatoms. The van der Waals surface area contributed by atoms with E-state index in [1.165, 1.54) is 11.3 Å². The fourth-order valence-electron chi connectivity index (χ4n) is 3.29.